The highest BCUT2D eigenvalue weighted by Gasteiger charge is 2.41. The van der Waals surface area contributed by atoms with E-state index >= 15 is 0 Å². The van der Waals surface area contributed by atoms with Crippen molar-refractivity contribution in [1.29, 1.82) is 0 Å². The molecule has 0 saturated carbocycles. The maximum Gasteiger partial charge on any atom is 0.335 e. The second-order valence-electron chi connectivity index (χ2n) is 10.9. The fourth-order valence-electron chi connectivity index (χ4n) is 5.63. The number of carboxylic acid groups (broad SMARTS) is 1. The summed E-state index contributed by atoms with van der Waals surface area (Å²) in [5.74, 6) is -1.39. The number of hydrogen-bond donors (Lipinski definition) is 3. The molecule has 43 heavy (non-hydrogen) atoms. The number of aromatic nitrogens is 2. The zero-order chi connectivity index (χ0) is 30.9. The molecule has 2 atom stereocenters. The standard InChI is InChI=1S/C29H36N6O7S/c1-32(16-20-8-6-19(15-30)7-9-20)27-26(42-2)25(31-35(27)28(37)21-4-3-5-22(14-21)29(38)39)23-10-12-33(17-23)43(40,41)34-13-11-24(36)18-34/h3-9,14,23-24,36H,10-13,15-18,30H2,1-2H3,(H,38,39). The zero-order valence-corrected chi connectivity index (χ0v) is 24.9. The fourth-order valence-corrected chi connectivity index (χ4v) is 7.36. The first kappa shape index (κ1) is 30.6. The molecule has 0 amide bonds. The summed E-state index contributed by atoms with van der Waals surface area (Å²) in [6, 6.07) is 13.5. The number of aliphatic hydroxyl groups excluding tert-OH is 1. The molecule has 4 N–H and O–H groups in total. The van der Waals surface area contributed by atoms with Gasteiger partial charge in [0.25, 0.3) is 16.1 Å². The van der Waals surface area contributed by atoms with Gasteiger partial charge in [-0.2, -0.15) is 26.8 Å². The van der Waals surface area contributed by atoms with Crippen molar-refractivity contribution in [1.82, 2.24) is 18.4 Å². The molecule has 5 rings (SSSR count). The minimum atomic E-state index is -3.78. The Kier molecular flexibility index (Phi) is 8.85. The van der Waals surface area contributed by atoms with E-state index in [2.05, 4.69) is 0 Å². The molecule has 1 aromatic heterocycles. The molecule has 0 bridgehead atoms. The highest BCUT2D eigenvalue weighted by Crippen LogP contribution is 2.41. The SMILES string of the molecule is COc1c(C2CCN(S(=O)(=O)N3CCC(O)C3)C2)nn(C(=O)c2cccc(C(=O)O)c2)c1N(C)Cc1ccc(CN)cc1. The molecule has 2 saturated heterocycles. The molecule has 0 aliphatic carbocycles. The molecule has 0 radical (unpaired) electrons. The van der Waals surface area contributed by atoms with Crippen molar-refractivity contribution in [3.05, 3.63) is 76.5 Å². The van der Waals surface area contributed by atoms with E-state index in [9.17, 15) is 28.2 Å². The summed E-state index contributed by atoms with van der Waals surface area (Å²) in [5, 5.41) is 24.1. The molecule has 2 unspecified atom stereocenters. The first-order valence-electron chi connectivity index (χ1n) is 14.0. The number of hydrogen-bond acceptors (Lipinski definition) is 9. The van der Waals surface area contributed by atoms with Gasteiger partial charge in [0.2, 0.25) is 0 Å². The van der Waals surface area contributed by atoms with Crippen LogP contribution in [0.2, 0.25) is 0 Å². The molecular weight excluding hydrogens is 576 g/mol. The van der Waals surface area contributed by atoms with Crippen LogP contribution in [0.25, 0.3) is 0 Å². The quantitative estimate of drug-likeness (QED) is 0.305. The van der Waals surface area contributed by atoms with Crippen molar-refractivity contribution in [3.8, 4) is 5.75 Å². The number of nitrogens with two attached hydrogens (primary N) is 1. The van der Waals surface area contributed by atoms with Crippen LogP contribution in [0.15, 0.2) is 48.5 Å². The number of carbonyl (C=O) groups is 2. The van der Waals surface area contributed by atoms with E-state index in [0.717, 1.165) is 11.1 Å². The van der Waals surface area contributed by atoms with E-state index in [4.69, 9.17) is 15.6 Å². The average molecular weight is 613 g/mol. The summed E-state index contributed by atoms with van der Waals surface area (Å²) in [6.45, 7) is 1.51. The van der Waals surface area contributed by atoms with Crippen LogP contribution in [0.3, 0.4) is 0 Å². The normalized spacial score (nSPS) is 19.5. The number of anilines is 1. The van der Waals surface area contributed by atoms with Crippen LogP contribution in [-0.2, 0) is 23.3 Å². The lowest BCUT2D eigenvalue weighted by atomic mass is 10.0. The van der Waals surface area contributed by atoms with E-state index in [1.807, 2.05) is 29.2 Å². The van der Waals surface area contributed by atoms with Gasteiger partial charge in [0.05, 0.1) is 18.8 Å². The smallest absolute Gasteiger partial charge is 0.335 e. The Balaban J connectivity index is 1.52. The number of aromatic carboxylic acids is 1. The van der Waals surface area contributed by atoms with Gasteiger partial charge in [-0.05, 0) is 42.2 Å². The summed E-state index contributed by atoms with van der Waals surface area (Å²) in [4.78, 5) is 27.3. The highest BCUT2D eigenvalue weighted by molar-refractivity contribution is 7.86. The Hall–Kier alpha value is -3.82. The van der Waals surface area contributed by atoms with Crippen LogP contribution in [0.1, 0.15) is 56.3 Å². The Morgan fingerprint density at radius 3 is 2.33 bits per heavy atom. The summed E-state index contributed by atoms with van der Waals surface area (Å²) in [7, 11) is -0.512. The molecule has 0 spiro atoms. The number of methoxy groups -OCH3 is 1. The minimum absolute atomic E-state index is 0.0382. The van der Waals surface area contributed by atoms with Crippen molar-refractivity contribution >= 4 is 27.9 Å². The first-order chi connectivity index (χ1) is 20.5. The van der Waals surface area contributed by atoms with Crippen LogP contribution in [-0.4, -0.2) is 95.3 Å². The maximum absolute atomic E-state index is 13.9. The number of carboxylic acids is 1. The van der Waals surface area contributed by atoms with Crippen LogP contribution < -0.4 is 15.4 Å². The van der Waals surface area contributed by atoms with Crippen molar-refractivity contribution in [2.45, 2.75) is 38.0 Å². The lowest BCUT2D eigenvalue weighted by Gasteiger charge is -2.23. The van der Waals surface area contributed by atoms with Crippen LogP contribution in [0.5, 0.6) is 5.75 Å². The Labute approximate surface area is 250 Å². The summed E-state index contributed by atoms with van der Waals surface area (Å²) < 4.78 is 36.3. The summed E-state index contributed by atoms with van der Waals surface area (Å²) >= 11 is 0. The number of carbonyl (C=O) groups excluding carboxylic acids is 1. The second kappa shape index (κ2) is 12.4. The Morgan fingerprint density at radius 1 is 1.05 bits per heavy atom. The maximum atomic E-state index is 13.9. The molecule has 3 aromatic rings. The Bertz CT molecular complexity index is 1610. The van der Waals surface area contributed by atoms with E-state index in [-0.39, 0.29) is 43.2 Å². The monoisotopic (exact) mass is 612 g/mol. The summed E-state index contributed by atoms with van der Waals surface area (Å²) in [5.41, 5.74) is 8.19. The lowest BCUT2D eigenvalue weighted by molar-refractivity contribution is 0.0696. The Morgan fingerprint density at radius 2 is 1.70 bits per heavy atom. The van der Waals surface area contributed by atoms with Crippen LogP contribution in [0, 0.1) is 0 Å². The third-order valence-electron chi connectivity index (χ3n) is 7.95. The molecule has 3 heterocycles. The molecule has 2 fully saturated rings. The van der Waals surface area contributed by atoms with Crippen LogP contribution in [0.4, 0.5) is 5.82 Å². The lowest BCUT2D eigenvalue weighted by Crippen LogP contribution is -2.41. The minimum Gasteiger partial charge on any atom is -0.491 e. The van der Waals surface area contributed by atoms with Crippen molar-refractivity contribution in [2.75, 3.05) is 45.2 Å². The third-order valence-corrected chi connectivity index (χ3v) is 9.92. The topological polar surface area (TPSA) is 172 Å². The van der Waals surface area contributed by atoms with Gasteiger partial charge in [0.1, 0.15) is 5.69 Å². The summed E-state index contributed by atoms with van der Waals surface area (Å²) in [6.07, 6.45) is 0.166. The van der Waals surface area contributed by atoms with E-state index < -0.39 is 28.2 Å². The molecule has 2 aromatic carbocycles. The molecular formula is C29H36N6O7S. The number of benzene rings is 2. The predicted molar refractivity (Wildman–Crippen MR) is 158 cm³/mol. The number of rotatable bonds is 10. The largest absolute Gasteiger partial charge is 0.491 e. The molecule has 14 heteroatoms. The van der Waals surface area contributed by atoms with Gasteiger partial charge >= 0.3 is 5.97 Å². The molecule has 2 aliphatic heterocycles. The van der Waals surface area contributed by atoms with E-state index in [1.165, 1.54) is 44.7 Å². The van der Waals surface area contributed by atoms with E-state index in [0.29, 0.717) is 43.2 Å². The zero-order valence-electron chi connectivity index (χ0n) is 24.1. The number of ether oxygens (including phenoxy) is 1. The van der Waals surface area contributed by atoms with Crippen molar-refractivity contribution < 1.29 is 33.0 Å². The van der Waals surface area contributed by atoms with Gasteiger partial charge < -0.3 is 25.6 Å². The van der Waals surface area contributed by atoms with Crippen LogP contribution >= 0.6 is 0 Å². The molecule has 230 valence electrons. The third kappa shape index (κ3) is 6.15. The molecule has 13 nitrogen and oxygen atoms in total. The van der Waals surface area contributed by atoms with Gasteiger partial charge in [-0.3, -0.25) is 4.79 Å². The second-order valence-corrected chi connectivity index (χ2v) is 12.8. The molecule has 2 aliphatic rings. The van der Waals surface area contributed by atoms with Gasteiger partial charge in [-0.1, -0.05) is 30.3 Å². The van der Waals surface area contributed by atoms with Crippen molar-refractivity contribution in [2.24, 2.45) is 5.73 Å². The number of nitrogens with zero attached hydrogens (tertiary/aromatic N) is 5. The number of aliphatic hydroxyl groups is 1. The first-order valence-corrected chi connectivity index (χ1v) is 15.4. The highest BCUT2D eigenvalue weighted by atomic mass is 32.2. The fraction of sp³-hybridized carbons (Fsp3) is 0.414. The van der Waals surface area contributed by atoms with Gasteiger partial charge in [-0.25, -0.2) is 4.79 Å². The number of β-amino-alcohol motifs (C(OH)–C–C–N with tert-alkyl or cyclic N) is 1. The van der Waals surface area contributed by atoms with Gasteiger partial charge in [-0.15, -0.1) is 0 Å². The van der Waals surface area contributed by atoms with Gasteiger partial charge in [0, 0.05) is 57.8 Å². The average Bonchev–Trinajstić information content (AvgIpc) is 3.76. The van der Waals surface area contributed by atoms with E-state index in [1.54, 1.807) is 7.05 Å². The predicted octanol–water partition coefficient (Wildman–Crippen LogP) is 1.47. The van der Waals surface area contributed by atoms with Gasteiger partial charge in [0.15, 0.2) is 11.6 Å². The van der Waals surface area contributed by atoms with Crippen molar-refractivity contribution in [3.63, 3.8) is 0 Å².